The molecule has 3 N–H and O–H groups in total. The number of aryl methyl sites for hydroxylation is 2. The Hall–Kier alpha value is -5.60. The molecule has 0 heterocycles. The third-order valence-corrected chi connectivity index (χ3v) is 8.58. The van der Waals surface area contributed by atoms with Crippen LogP contribution in [-0.2, 0) is 9.59 Å². The average Bonchev–Trinajstić information content (AvgIpc) is 3.09. The minimum atomic E-state index is -0.513. The maximum Gasteiger partial charge on any atom is 0.272 e. The highest BCUT2D eigenvalue weighted by Crippen LogP contribution is 2.37. The lowest BCUT2D eigenvalue weighted by atomic mass is 10.1. The van der Waals surface area contributed by atoms with Gasteiger partial charge in [0.2, 0.25) is 5.91 Å². The predicted octanol–water partition coefficient (Wildman–Crippen LogP) is 8.19. The molecule has 0 aliphatic carbocycles. The normalized spacial score (nSPS) is 11.7. The summed E-state index contributed by atoms with van der Waals surface area (Å²) in [5, 5.41) is 8.22. The van der Waals surface area contributed by atoms with Crippen LogP contribution < -0.4 is 20.7 Å². The van der Waals surface area contributed by atoms with Gasteiger partial charge in [-0.2, -0.15) is 0 Å². The van der Waals surface area contributed by atoms with Gasteiger partial charge in [-0.25, -0.2) is 0 Å². The molecular weight excluding hydrogens is 607 g/mol. The lowest BCUT2D eigenvalue weighted by Gasteiger charge is -2.18. The summed E-state index contributed by atoms with van der Waals surface area (Å²) in [5.74, 6) is -0.496. The van der Waals surface area contributed by atoms with E-state index in [2.05, 4.69) is 16.0 Å². The number of thioether (sulfide) groups is 1. The van der Waals surface area contributed by atoms with Crippen LogP contribution in [0, 0.1) is 13.8 Å². The molecule has 3 amide bonds. The van der Waals surface area contributed by atoms with E-state index in [9.17, 15) is 14.4 Å². The predicted molar refractivity (Wildman–Crippen MR) is 190 cm³/mol. The van der Waals surface area contributed by atoms with Crippen molar-refractivity contribution in [1.29, 1.82) is 0 Å². The summed E-state index contributed by atoms with van der Waals surface area (Å²) >= 11 is 1.42. The van der Waals surface area contributed by atoms with Gasteiger partial charge < -0.3 is 20.7 Å². The van der Waals surface area contributed by atoms with Gasteiger partial charge in [0.1, 0.15) is 16.7 Å². The van der Waals surface area contributed by atoms with Crippen molar-refractivity contribution in [2.45, 2.75) is 24.0 Å². The topological polar surface area (TPSA) is 96.5 Å². The zero-order chi connectivity index (χ0) is 33.2. The first-order valence-electron chi connectivity index (χ1n) is 15.0. The third kappa shape index (κ3) is 8.77. The van der Waals surface area contributed by atoms with Gasteiger partial charge in [-0.15, -0.1) is 11.8 Å². The second kappa shape index (κ2) is 15.6. The van der Waals surface area contributed by atoms with Gasteiger partial charge in [0.25, 0.3) is 11.8 Å². The Kier molecular flexibility index (Phi) is 10.9. The molecular formula is C39H35N3O4S. The Morgan fingerprint density at radius 2 is 1.40 bits per heavy atom. The van der Waals surface area contributed by atoms with E-state index in [4.69, 9.17) is 4.74 Å². The summed E-state index contributed by atoms with van der Waals surface area (Å²) in [4.78, 5) is 41.0. The van der Waals surface area contributed by atoms with Crippen LogP contribution in [0.5, 0.6) is 5.75 Å². The highest BCUT2D eigenvalue weighted by Gasteiger charge is 2.23. The number of ether oxygens (including phenoxy) is 1. The fraction of sp³-hybridized carbons (Fsp3) is 0.103. The maximum atomic E-state index is 13.6. The molecule has 8 heteroatoms. The van der Waals surface area contributed by atoms with E-state index in [1.54, 1.807) is 61.7 Å². The Bertz CT molecular complexity index is 1890. The molecule has 5 aromatic rings. The van der Waals surface area contributed by atoms with Crippen molar-refractivity contribution in [1.82, 2.24) is 5.32 Å². The Balaban J connectivity index is 1.34. The van der Waals surface area contributed by atoms with Gasteiger partial charge in [-0.1, -0.05) is 84.4 Å². The highest BCUT2D eigenvalue weighted by molar-refractivity contribution is 8.00. The van der Waals surface area contributed by atoms with Gasteiger partial charge >= 0.3 is 0 Å². The van der Waals surface area contributed by atoms with E-state index in [0.29, 0.717) is 22.6 Å². The van der Waals surface area contributed by atoms with Crippen molar-refractivity contribution in [3.05, 3.63) is 161 Å². The molecule has 0 aromatic heterocycles. The zero-order valence-electron chi connectivity index (χ0n) is 26.3. The Morgan fingerprint density at radius 3 is 2.09 bits per heavy atom. The van der Waals surface area contributed by atoms with E-state index < -0.39 is 17.1 Å². The third-order valence-electron chi connectivity index (χ3n) is 7.31. The number of carbonyl (C=O) groups excluding carboxylic acids is 3. The van der Waals surface area contributed by atoms with E-state index >= 15 is 0 Å². The standard InChI is InChI=1S/C39H35N3O4S/c1-26-18-23-33(27(2)24-26)41-39(45)36(28-12-6-4-7-13-28)47-32-21-19-31(20-22-32)40-38(44)34(25-30-16-10-11-17-35(30)46-3)42-37(43)29-14-8-5-9-15-29/h4-25,36H,1-3H3,(H,40,44)(H,41,45)(H,42,43)/b34-25-. The molecule has 0 aliphatic rings. The lowest BCUT2D eigenvalue weighted by Crippen LogP contribution is -2.30. The fourth-order valence-electron chi connectivity index (χ4n) is 4.89. The summed E-state index contributed by atoms with van der Waals surface area (Å²) in [6.07, 6.45) is 1.58. The van der Waals surface area contributed by atoms with Crippen molar-refractivity contribution in [2.75, 3.05) is 17.7 Å². The lowest BCUT2D eigenvalue weighted by molar-refractivity contribution is -0.116. The Labute approximate surface area is 279 Å². The first-order chi connectivity index (χ1) is 22.8. The summed E-state index contributed by atoms with van der Waals surface area (Å²) in [6, 6.07) is 38.7. The number of amides is 3. The van der Waals surface area contributed by atoms with Crippen LogP contribution in [0.1, 0.15) is 37.9 Å². The Morgan fingerprint density at radius 1 is 0.745 bits per heavy atom. The molecule has 0 saturated heterocycles. The quantitative estimate of drug-likeness (QED) is 0.0998. The van der Waals surface area contributed by atoms with Crippen LogP contribution in [0.2, 0.25) is 0 Å². The van der Waals surface area contributed by atoms with Gasteiger partial charge in [0.15, 0.2) is 0 Å². The van der Waals surface area contributed by atoms with Crippen LogP contribution >= 0.6 is 11.8 Å². The van der Waals surface area contributed by atoms with Crippen LogP contribution in [0.3, 0.4) is 0 Å². The monoisotopic (exact) mass is 641 g/mol. The first-order valence-corrected chi connectivity index (χ1v) is 15.9. The molecule has 0 saturated carbocycles. The molecule has 0 bridgehead atoms. The van der Waals surface area contributed by atoms with Crippen LogP contribution in [0.4, 0.5) is 11.4 Å². The molecule has 7 nitrogen and oxygen atoms in total. The molecule has 1 unspecified atom stereocenters. The van der Waals surface area contributed by atoms with E-state index in [-0.39, 0.29) is 11.6 Å². The highest BCUT2D eigenvalue weighted by atomic mass is 32.2. The number of carbonyl (C=O) groups is 3. The van der Waals surface area contributed by atoms with Crippen molar-refractivity contribution >= 4 is 46.9 Å². The summed E-state index contributed by atoms with van der Waals surface area (Å²) in [6.45, 7) is 4.00. The second-order valence-corrected chi connectivity index (χ2v) is 12.0. The van der Waals surface area contributed by atoms with E-state index in [1.807, 2.05) is 92.7 Å². The zero-order valence-corrected chi connectivity index (χ0v) is 27.1. The van der Waals surface area contributed by atoms with Gasteiger partial charge in [-0.3, -0.25) is 14.4 Å². The molecule has 1 atom stereocenters. The van der Waals surface area contributed by atoms with Crippen LogP contribution in [0.25, 0.3) is 6.08 Å². The minimum Gasteiger partial charge on any atom is -0.496 e. The molecule has 0 radical (unpaired) electrons. The number of nitrogens with one attached hydrogen (secondary N) is 3. The van der Waals surface area contributed by atoms with E-state index in [0.717, 1.165) is 27.3 Å². The molecule has 5 rings (SSSR count). The minimum absolute atomic E-state index is 0.0500. The maximum absolute atomic E-state index is 13.6. The van der Waals surface area contributed by atoms with E-state index in [1.165, 1.54) is 11.8 Å². The van der Waals surface area contributed by atoms with Crippen molar-refractivity contribution in [3.63, 3.8) is 0 Å². The number of hydrogen-bond donors (Lipinski definition) is 3. The second-order valence-electron chi connectivity index (χ2n) is 10.8. The number of para-hydroxylation sites is 1. The van der Waals surface area contributed by atoms with Crippen LogP contribution in [0.15, 0.2) is 138 Å². The summed E-state index contributed by atoms with van der Waals surface area (Å²) < 4.78 is 5.45. The number of anilines is 2. The number of methoxy groups -OCH3 is 1. The molecule has 0 spiro atoms. The molecule has 0 fully saturated rings. The molecule has 5 aromatic carbocycles. The van der Waals surface area contributed by atoms with Gasteiger partial charge in [0.05, 0.1) is 7.11 Å². The number of rotatable bonds is 11. The van der Waals surface area contributed by atoms with Crippen LogP contribution in [-0.4, -0.2) is 24.8 Å². The first kappa shape index (κ1) is 32.8. The van der Waals surface area contributed by atoms with Crippen molar-refractivity contribution in [3.8, 4) is 5.75 Å². The largest absolute Gasteiger partial charge is 0.496 e. The smallest absolute Gasteiger partial charge is 0.272 e. The molecule has 47 heavy (non-hydrogen) atoms. The fourth-order valence-corrected chi connectivity index (χ4v) is 5.91. The van der Waals surface area contributed by atoms with Crippen molar-refractivity contribution in [2.24, 2.45) is 0 Å². The van der Waals surface area contributed by atoms with Gasteiger partial charge in [-0.05, 0) is 79.6 Å². The van der Waals surface area contributed by atoms with Crippen molar-refractivity contribution < 1.29 is 19.1 Å². The summed E-state index contributed by atoms with van der Waals surface area (Å²) in [7, 11) is 1.55. The summed E-state index contributed by atoms with van der Waals surface area (Å²) in [5.41, 5.74) is 5.39. The SMILES string of the molecule is COc1ccccc1/C=C(\NC(=O)c1ccccc1)C(=O)Nc1ccc(SC(C(=O)Nc2ccc(C)cc2C)c2ccccc2)cc1. The number of benzene rings is 5. The van der Waals surface area contributed by atoms with Gasteiger partial charge in [0, 0.05) is 27.4 Å². The molecule has 0 aliphatic heterocycles. The average molecular weight is 642 g/mol. The number of hydrogen-bond acceptors (Lipinski definition) is 5. The molecule has 236 valence electrons.